The molecule has 41 heavy (non-hydrogen) atoms. The van der Waals surface area contributed by atoms with Crippen molar-refractivity contribution in [2.75, 3.05) is 20.7 Å². The molecule has 10 nitrogen and oxygen atoms in total. The van der Waals surface area contributed by atoms with E-state index in [1.54, 1.807) is 14.2 Å². The highest BCUT2D eigenvalue weighted by Gasteiger charge is 2.41. The minimum absolute atomic E-state index is 0.0259. The van der Waals surface area contributed by atoms with E-state index in [-0.39, 0.29) is 65.7 Å². The maximum atomic E-state index is 13.8. The Balaban J connectivity index is 3.19. The van der Waals surface area contributed by atoms with Crippen LogP contribution in [0.15, 0.2) is 0 Å². The van der Waals surface area contributed by atoms with E-state index in [9.17, 15) is 19.2 Å². The second-order valence-corrected chi connectivity index (χ2v) is 12.8. The van der Waals surface area contributed by atoms with Crippen LogP contribution in [-0.2, 0) is 23.9 Å². The van der Waals surface area contributed by atoms with Crippen molar-refractivity contribution in [2.24, 2.45) is 41.4 Å². The summed E-state index contributed by atoms with van der Waals surface area (Å²) in [5.74, 6) is 5.05. The number of nitrogens with zero attached hydrogens (tertiary/aromatic N) is 2. The molecule has 4 N–H and O–H groups in total. The molecule has 8 unspecified atom stereocenters. The number of hydrogen-bond donors (Lipinski definition) is 3. The van der Waals surface area contributed by atoms with Gasteiger partial charge in [-0.05, 0) is 42.9 Å². The fourth-order valence-electron chi connectivity index (χ4n) is 5.95. The van der Waals surface area contributed by atoms with Gasteiger partial charge >= 0.3 is 0 Å². The summed E-state index contributed by atoms with van der Waals surface area (Å²) in [5, 5.41) is 6.90. The summed E-state index contributed by atoms with van der Waals surface area (Å²) in [7, 11) is 3.19. The molecule has 1 heterocycles. The van der Waals surface area contributed by atoms with Crippen LogP contribution in [0.1, 0.15) is 94.4 Å². The van der Waals surface area contributed by atoms with E-state index in [1.807, 2.05) is 67.2 Å². The SMILES string of the molecule is CCC(C)C(C(C)CC(=O)N1CCCCC1C(OC)C(C)C(=O)NC)N(N)C(=O)C(NC(=O)C(C)C(C)C)C(C)C. The molecule has 0 aromatic rings. The Morgan fingerprint density at radius 2 is 1.54 bits per heavy atom. The quantitative estimate of drug-likeness (QED) is 0.154. The van der Waals surface area contributed by atoms with Gasteiger partial charge in [-0.1, -0.05) is 68.7 Å². The third kappa shape index (κ3) is 9.66. The average Bonchev–Trinajstić information content (AvgIpc) is 2.94. The topological polar surface area (TPSA) is 134 Å². The zero-order chi connectivity index (χ0) is 31.6. The molecule has 238 valence electrons. The first-order chi connectivity index (χ1) is 19.1. The molecule has 1 rings (SSSR count). The van der Waals surface area contributed by atoms with Crippen molar-refractivity contribution in [1.29, 1.82) is 0 Å². The number of rotatable bonds is 15. The van der Waals surface area contributed by atoms with Crippen molar-refractivity contribution in [3.8, 4) is 0 Å². The van der Waals surface area contributed by atoms with Gasteiger partial charge in [0.25, 0.3) is 5.91 Å². The molecular weight excluding hydrogens is 522 g/mol. The maximum absolute atomic E-state index is 13.8. The van der Waals surface area contributed by atoms with E-state index in [4.69, 9.17) is 10.6 Å². The number of hydrazine groups is 1. The summed E-state index contributed by atoms with van der Waals surface area (Å²) < 4.78 is 5.78. The predicted molar refractivity (Wildman–Crippen MR) is 162 cm³/mol. The van der Waals surface area contributed by atoms with Gasteiger partial charge in [0.05, 0.1) is 24.1 Å². The molecule has 10 heteroatoms. The maximum Gasteiger partial charge on any atom is 0.259 e. The van der Waals surface area contributed by atoms with E-state index >= 15 is 0 Å². The van der Waals surface area contributed by atoms with E-state index in [0.717, 1.165) is 25.7 Å². The van der Waals surface area contributed by atoms with Gasteiger partial charge in [-0.25, -0.2) is 5.84 Å². The third-order valence-corrected chi connectivity index (χ3v) is 9.20. The van der Waals surface area contributed by atoms with E-state index in [0.29, 0.717) is 6.54 Å². The zero-order valence-electron chi connectivity index (χ0n) is 27.5. The standard InChI is InChI=1S/C31H59N5O5/c1-12-20(6)27(36(32)31(40)26(19(4)5)34-30(39)22(8)18(2)3)21(7)17-25(37)35-16-14-13-15-24(35)28(41-11)23(9)29(38)33-10/h18-24,26-28H,12-17,32H2,1-11H3,(H,33,38)(H,34,39). The largest absolute Gasteiger partial charge is 0.378 e. The van der Waals surface area contributed by atoms with Gasteiger partial charge in [-0.3, -0.25) is 24.2 Å². The van der Waals surface area contributed by atoms with Crippen LogP contribution in [-0.4, -0.2) is 78.5 Å². The molecule has 0 saturated carbocycles. The number of hydrogen-bond acceptors (Lipinski definition) is 6. The van der Waals surface area contributed by atoms with E-state index in [1.165, 1.54) is 5.01 Å². The second kappa shape index (κ2) is 17.0. The number of nitrogens with two attached hydrogens (primary N) is 1. The molecule has 4 amide bonds. The lowest BCUT2D eigenvalue weighted by Gasteiger charge is -2.43. The fraction of sp³-hybridized carbons (Fsp3) is 0.871. The minimum atomic E-state index is -0.761. The van der Waals surface area contributed by atoms with Crippen LogP contribution in [0.3, 0.4) is 0 Å². The van der Waals surface area contributed by atoms with Crippen LogP contribution < -0.4 is 16.5 Å². The molecule has 1 aliphatic rings. The Hall–Kier alpha value is -2.20. The number of carbonyl (C=O) groups is 4. The lowest BCUT2D eigenvalue weighted by Crippen LogP contribution is -2.60. The Morgan fingerprint density at radius 1 is 0.927 bits per heavy atom. The van der Waals surface area contributed by atoms with Crippen molar-refractivity contribution >= 4 is 23.6 Å². The Labute approximate surface area is 248 Å². The van der Waals surface area contributed by atoms with Gasteiger partial charge in [0.15, 0.2) is 0 Å². The zero-order valence-corrected chi connectivity index (χ0v) is 27.5. The first kappa shape index (κ1) is 36.8. The number of piperidine rings is 1. The van der Waals surface area contributed by atoms with Crippen molar-refractivity contribution in [3.63, 3.8) is 0 Å². The first-order valence-corrected chi connectivity index (χ1v) is 15.6. The summed E-state index contributed by atoms with van der Waals surface area (Å²) >= 11 is 0. The van der Waals surface area contributed by atoms with Crippen LogP contribution in [0.4, 0.5) is 0 Å². The molecule has 8 atom stereocenters. The molecule has 0 bridgehead atoms. The normalized spacial score (nSPS) is 20.9. The molecule has 1 fully saturated rings. The van der Waals surface area contributed by atoms with Crippen LogP contribution in [0.5, 0.6) is 0 Å². The summed E-state index contributed by atoms with van der Waals surface area (Å²) in [6, 6.07) is -1.37. The van der Waals surface area contributed by atoms with Crippen molar-refractivity contribution < 1.29 is 23.9 Å². The molecule has 0 radical (unpaired) electrons. The van der Waals surface area contributed by atoms with Crippen molar-refractivity contribution in [2.45, 2.75) is 119 Å². The van der Waals surface area contributed by atoms with Gasteiger partial charge in [0.2, 0.25) is 17.7 Å². The monoisotopic (exact) mass is 581 g/mol. The second-order valence-electron chi connectivity index (χ2n) is 12.8. The number of nitrogens with one attached hydrogen (secondary N) is 2. The first-order valence-electron chi connectivity index (χ1n) is 15.6. The summed E-state index contributed by atoms with van der Waals surface area (Å²) in [4.78, 5) is 54.7. The number of amides is 4. The molecule has 1 aliphatic heterocycles. The number of ether oxygens (including phenoxy) is 1. The predicted octanol–water partition coefficient (Wildman–Crippen LogP) is 3.34. The van der Waals surface area contributed by atoms with Crippen molar-refractivity contribution in [1.82, 2.24) is 20.5 Å². The van der Waals surface area contributed by atoms with E-state index in [2.05, 4.69) is 10.6 Å². The molecular formula is C31H59N5O5. The Kier molecular flexibility index (Phi) is 15.3. The highest BCUT2D eigenvalue weighted by Crippen LogP contribution is 2.30. The van der Waals surface area contributed by atoms with Gasteiger partial charge < -0.3 is 20.3 Å². The van der Waals surface area contributed by atoms with Crippen LogP contribution in [0.25, 0.3) is 0 Å². The average molecular weight is 582 g/mol. The van der Waals surface area contributed by atoms with Crippen molar-refractivity contribution in [3.05, 3.63) is 0 Å². The molecule has 0 aromatic carbocycles. The summed E-state index contributed by atoms with van der Waals surface area (Å²) in [6.45, 7) is 18.1. The van der Waals surface area contributed by atoms with Crippen LogP contribution >= 0.6 is 0 Å². The number of carbonyl (C=O) groups excluding carboxylic acids is 4. The lowest BCUT2D eigenvalue weighted by atomic mass is 9.84. The van der Waals surface area contributed by atoms with Crippen LogP contribution in [0, 0.1) is 35.5 Å². The van der Waals surface area contributed by atoms with Gasteiger partial charge in [0, 0.05) is 33.0 Å². The molecule has 0 aromatic heterocycles. The lowest BCUT2D eigenvalue weighted by molar-refractivity contribution is -0.147. The van der Waals surface area contributed by atoms with Crippen LogP contribution in [0.2, 0.25) is 0 Å². The number of likely N-dealkylation sites (tertiary alicyclic amines) is 1. The Bertz CT molecular complexity index is 866. The minimum Gasteiger partial charge on any atom is -0.378 e. The van der Waals surface area contributed by atoms with Gasteiger partial charge in [0.1, 0.15) is 6.04 Å². The summed E-state index contributed by atoms with van der Waals surface area (Å²) in [5.41, 5.74) is 0. The fourth-order valence-corrected chi connectivity index (χ4v) is 5.95. The summed E-state index contributed by atoms with van der Waals surface area (Å²) in [6.07, 6.45) is 3.18. The van der Waals surface area contributed by atoms with Gasteiger partial charge in [-0.15, -0.1) is 0 Å². The highest BCUT2D eigenvalue weighted by molar-refractivity contribution is 5.88. The van der Waals surface area contributed by atoms with Gasteiger partial charge in [-0.2, -0.15) is 0 Å². The number of methoxy groups -OCH3 is 1. The third-order valence-electron chi connectivity index (χ3n) is 9.20. The highest BCUT2D eigenvalue weighted by atomic mass is 16.5. The molecule has 0 aliphatic carbocycles. The smallest absolute Gasteiger partial charge is 0.259 e. The molecule has 1 saturated heterocycles. The molecule has 0 spiro atoms. The van der Waals surface area contributed by atoms with E-state index < -0.39 is 24.1 Å². The Morgan fingerprint density at radius 3 is 2.02 bits per heavy atom.